The third-order valence-electron chi connectivity index (χ3n) is 4.78. The standard InChI is InChI=1S/C19H23N3O4/c20-19(25)16-7-3-4-10-22(16)17(23)12-26-18(24)9-8-13-11-21-15-6-2-1-5-14(13)15/h1-2,5-6,11,16,21H,3-4,7-10,12H2,(H2,20,25)/t16-/m0/s1. The lowest BCUT2D eigenvalue weighted by Gasteiger charge is -2.33. The molecule has 2 amide bonds. The van der Waals surface area contributed by atoms with Gasteiger partial charge >= 0.3 is 5.97 Å². The van der Waals surface area contributed by atoms with Crippen LogP contribution in [-0.2, 0) is 25.5 Å². The maximum absolute atomic E-state index is 12.3. The molecule has 2 heterocycles. The zero-order valence-electron chi connectivity index (χ0n) is 14.6. The number of hydrogen-bond acceptors (Lipinski definition) is 4. The van der Waals surface area contributed by atoms with Crippen molar-refractivity contribution in [3.63, 3.8) is 0 Å². The molecule has 1 aromatic carbocycles. The van der Waals surface area contributed by atoms with Crippen LogP contribution in [0.25, 0.3) is 10.9 Å². The topological polar surface area (TPSA) is 105 Å². The van der Waals surface area contributed by atoms with E-state index in [4.69, 9.17) is 10.5 Å². The van der Waals surface area contributed by atoms with E-state index in [1.807, 2.05) is 30.5 Å². The summed E-state index contributed by atoms with van der Waals surface area (Å²) in [6.07, 6.45) is 4.86. The average molecular weight is 357 g/mol. The summed E-state index contributed by atoms with van der Waals surface area (Å²) in [5.74, 6) is -1.31. The summed E-state index contributed by atoms with van der Waals surface area (Å²) < 4.78 is 5.10. The number of nitrogens with one attached hydrogen (secondary N) is 1. The summed E-state index contributed by atoms with van der Waals surface area (Å²) in [7, 11) is 0. The van der Waals surface area contributed by atoms with Gasteiger partial charge in [0.1, 0.15) is 6.04 Å². The highest BCUT2D eigenvalue weighted by Crippen LogP contribution is 2.19. The highest BCUT2D eigenvalue weighted by molar-refractivity contribution is 5.88. The molecular formula is C19H23N3O4. The molecule has 0 aliphatic carbocycles. The van der Waals surface area contributed by atoms with Crippen molar-refractivity contribution < 1.29 is 19.1 Å². The summed E-state index contributed by atoms with van der Waals surface area (Å²) in [4.78, 5) is 40.3. The number of aromatic amines is 1. The van der Waals surface area contributed by atoms with Gasteiger partial charge in [0, 0.05) is 30.1 Å². The van der Waals surface area contributed by atoms with Gasteiger partial charge in [-0.15, -0.1) is 0 Å². The van der Waals surface area contributed by atoms with Gasteiger partial charge in [-0.2, -0.15) is 0 Å². The lowest BCUT2D eigenvalue weighted by Crippen LogP contribution is -2.51. The Kier molecular flexibility index (Phi) is 5.55. The third kappa shape index (κ3) is 4.04. The highest BCUT2D eigenvalue weighted by Gasteiger charge is 2.30. The molecule has 1 aliphatic heterocycles. The van der Waals surface area contributed by atoms with Gasteiger partial charge in [-0.3, -0.25) is 14.4 Å². The lowest BCUT2D eigenvalue weighted by atomic mass is 10.0. The van der Waals surface area contributed by atoms with Crippen molar-refractivity contribution in [3.8, 4) is 0 Å². The Hall–Kier alpha value is -2.83. The molecule has 7 heteroatoms. The first-order valence-electron chi connectivity index (χ1n) is 8.85. The molecule has 0 bridgehead atoms. The molecule has 1 aliphatic rings. The van der Waals surface area contributed by atoms with Gasteiger partial charge in [0.2, 0.25) is 5.91 Å². The number of nitrogens with zero attached hydrogens (tertiary/aromatic N) is 1. The number of fused-ring (bicyclic) bond motifs is 1. The Balaban J connectivity index is 1.49. The van der Waals surface area contributed by atoms with Gasteiger partial charge in [0.25, 0.3) is 5.91 Å². The predicted molar refractivity (Wildman–Crippen MR) is 96.1 cm³/mol. The molecule has 1 aromatic heterocycles. The van der Waals surface area contributed by atoms with Crippen LogP contribution in [0.4, 0.5) is 0 Å². The second kappa shape index (κ2) is 8.03. The molecule has 26 heavy (non-hydrogen) atoms. The summed E-state index contributed by atoms with van der Waals surface area (Å²) in [6, 6.07) is 7.27. The molecule has 0 saturated carbocycles. The first kappa shape index (κ1) is 18.0. The van der Waals surface area contributed by atoms with Crippen LogP contribution in [0.1, 0.15) is 31.2 Å². The fourth-order valence-corrected chi connectivity index (χ4v) is 3.40. The van der Waals surface area contributed by atoms with Crippen molar-refractivity contribution in [1.29, 1.82) is 0 Å². The quantitative estimate of drug-likeness (QED) is 0.764. The van der Waals surface area contributed by atoms with E-state index >= 15 is 0 Å². The Bertz CT molecular complexity index is 814. The van der Waals surface area contributed by atoms with Crippen molar-refractivity contribution >= 4 is 28.7 Å². The van der Waals surface area contributed by atoms with Crippen LogP contribution in [0.5, 0.6) is 0 Å². The van der Waals surface area contributed by atoms with Crippen LogP contribution in [0.15, 0.2) is 30.5 Å². The molecule has 1 saturated heterocycles. The predicted octanol–water partition coefficient (Wildman–Crippen LogP) is 1.51. The van der Waals surface area contributed by atoms with Crippen molar-refractivity contribution in [1.82, 2.24) is 9.88 Å². The van der Waals surface area contributed by atoms with Crippen LogP contribution < -0.4 is 5.73 Å². The van der Waals surface area contributed by atoms with Crippen molar-refractivity contribution in [3.05, 3.63) is 36.0 Å². The number of carbonyl (C=O) groups excluding carboxylic acids is 3. The molecule has 1 fully saturated rings. The normalized spacial score (nSPS) is 17.2. The number of piperidine rings is 1. The van der Waals surface area contributed by atoms with Gasteiger partial charge in [-0.1, -0.05) is 18.2 Å². The number of nitrogens with two attached hydrogens (primary N) is 1. The molecule has 3 N–H and O–H groups in total. The number of aryl methyl sites for hydroxylation is 1. The monoisotopic (exact) mass is 357 g/mol. The summed E-state index contributed by atoms with van der Waals surface area (Å²) >= 11 is 0. The van der Waals surface area contributed by atoms with Gasteiger partial charge < -0.3 is 20.4 Å². The SMILES string of the molecule is NC(=O)[C@@H]1CCCCN1C(=O)COC(=O)CCc1c[nH]c2ccccc12. The van der Waals surface area contributed by atoms with Gasteiger partial charge in [0.05, 0.1) is 0 Å². The van der Waals surface area contributed by atoms with Gasteiger partial charge in [-0.05, 0) is 37.3 Å². The van der Waals surface area contributed by atoms with E-state index in [0.29, 0.717) is 19.4 Å². The molecule has 3 rings (SSSR count). The number of hydrogen-bond donors (Lipinski definition) is 2. The van der Waals surface area contributed by atoms with Crippen molar-refractivity contribution in [2.45, 2.75) is 38.1 Å². The van der Waals surface area contributed by atoms with Crippen molar-refractivity contribution in [2.75, 3.05) is 13.2 Å². The van der Waals surface area contributed by atoms with E-state index in [1.165, 1.54) is 4.90 Å². The fraction of sp³-hybridized carbons (Fsp3) is 0.421. The maximum Gasteiger partial charge on any atom is 0.306 e. The average Bonchev–Trinajstić information content (AvgIpc) is 3.07. The molecule has 0 unspecified atom stereocenters. The van der Waals surface area contributed by atoms with Gasteiger partial charge in [-0.25, -0.2) is 0 Å². The number of amides is 2. The third-order valence-corrected chi connectivity index (χ3v) is 4.78. The maximum atomic E-state index is 12.3. The van der Waals surface area contributed by atoms with E-state index in [9.17, 15) is 14.4 Å². The Morgan fingerprint density at radius 2 is 2.04 bits per heavy atom. The van der Waals surface area contributed by atoms with Crippen molar-refractivity contribution in [2.24, 2.45) is 5.73 Å². The smallest absolute Gasteiger partial charge is 0.306 e. The van der Waals surface area contributed by atoms with Crippen LogP contribution in [0, 0.1) is 0 Å². The number of primary amides is 1. The van der Waals surface area contributed by atoms with E-state index < -0.39 is 17.9 Å². The first-order chi connectivity index (χ1) is 12.6. The van der Waals surface area contributed by atoms with E-state index in [0.717, 1.165) is 29.3 Å². The Labute approximate surface area is 151 Å². The number of ether oxygens (including phenoxy) is 1. The van der Waals surface area contributed by atoms with Crippen LogP contribution in [0.3, 0.4) is 0 Å². The number of esters is 1. The summed E-state index contributed by atoms with van der Waals surface area (Å²) in [5.41, 5.74) is 7.41. The number of para-hydroxylation sites is 1. The zero-order chi connectivity index (χ0) is 18.5. The number of rotatable bonds is 6. The first-order valence-corrected chi connectivity index (χ1v) is 8.85. The number of benzene rings is 1. The highest BCUT2D eigenvalue weighted by atomic mass is 16.5. The molecule has 7 nitrogen and oxygen atoms in total. The van der Waals surface area contributed by atoms with Gasteiger partial charge in [0.15, 0.2) is 6.61 Å². The second-order valence-corrected chi connectivity index (χ2v) is 6.52. The number of carbonyl (C=O) groups is 3. The molecule has 0 spiro atoms. The molecule has 1 atom stereocenters. The minimum atomic E-state index is -0.596. The van der Waals surface area contributed by atoms with Crippen LogP contribution in [-0.4, -0.2) is 46.9 Å². The molecule has 0 radical (unpaired) electrons. The summed E-state index contributed by atoms with van der Waals surface area (Å²) in [6.45, 7) is 0.121. The largest absolute Gasteiger partial charge is 0.456 e. The van der Waals surface area contributed by atoms with E-state index in [2.05, 4.69) is 4.98 Å². The fourth-order valence-electron chi connectivity index (χ4n) is 3.40. The number of likely N-dealkylation sites (tertiary alicyclic amines) is 1. The van der Waals surface area contributed by atoms with E-state index in [-0.39, 0.29) is 18.9 Å². The molecule has 138 valence electrons. The molecular weight excluding hydrogens is 334 g/mol. The summed E-state index contributed by atoms with van der Waals surface area (Å²) in [5, 5.41) is 1.08. The van der Waals surface area contributed by atoms with Crippen LogP contribution >= 0.6 is 0 Å². The lowest BCUT2D eigenvalue weighted by molar-refractivity contribution is -0.154. The number of H-pyrrole nitrogens is 1. The minimum Gasteiger partial charge on any atom is -0.456 e. The Morgan fingerprint density at radius 3 is 2.85 bits per heavy atom. The zero-order valence-corrected chi connectivity index (χ0v) is 14.6. The number of aromatic nitrogens is 1. The molecule has 2 aromatic rings. The van der Waals surface area contributed by atoms with Crippen LogP contribution in [0.2, 0.25) is 0 Å². The minimum absolute atomic E-state index is 0.189. The van der Waals surface area contributed by atoms with E-state index in [1.54, 1.807) is 0 Å². The Morgan fingerprint density at radius 1 is 1.23 bits per heavy atom. The second-order valence-electron chi connectivity index (χ2n) is 6.52.